The molecule has 2 aromatic carbocycles. The Kier molecular flexibility index (Phi) is 8.34. The molecule has 0 saturated heterocycles. The summed E-state index contributed by atoms with van der Waals surface area (Å²) >= 11 is 8.18. The van der Waals surface area contributed by atoms with Crippen LogP contribution in [0.5, 0.6) is 5.75 Å². The predicted octanol–water partition coefficient (Wildman–Crippen LogP) is 5.92. The number of carbonyl (C=O) groups excluding carboxylic acids is 1. The quantitative estimate of drug-likeness (QED) is 0.258. The number of carbonyl (C=O) groups is 1. The first-order chi connectivity index (χ1) is 14.9. The molecule has 0 bridgehead atoms. The monoisotopic (exact) mass is 564 g/mol. The number of nitrogens with one attached hydrogen (secondary N) is 1. The molecule has 0 radical (unpaired) electrons. The number of thioether (sulfide) groups is 1. The van der Waals surface area contributed by atoms with Gasteiger partial charge in [0.2, 0.25) is 5.91 Å². The molecule has 0 fully saturated rings. The van der Waals surface area contributed by atoms with Gasteiger partial charge in [0, 0.05) is 15.5 Å². The van der Waals surface area contributed by atoms with Gasteiger partial charge in [-0.1, -0.05) is 52.0 Å². The van der Waals surface area contributed by atoms with E-state index >= 15 is 0 Å². The third-order valence-electron chi connectivity index (χ3n) is 4.39. The molecule has 1 amide bonds. The lowest BCUT2D eigenvalue weighted by Crippen LogP contribution is -2.15. The maximum absolute atomic E-state index is 12.4. The van der Waals surface area contributed by atoms with Gasteiger partial charge in [-0.25, -0.2) is 0 Å². The molecule has 1 aromatic heterocycles. The molecule has 9 heteroatoms. The summed E-state index contributed by atoms with van der Waals surface area (Å²) in [6, 6.07) is 11.6. The number of ether oxygens (including phenoxy) is 1. The first-order valence-electron chi connectivity index (χ1n) is 9.48. The summed E-state index contributed by atoms with van der Waals surface area (Å²) in [5, 5.41) is 12.1. The number of aryl methyl sites for hydroxylation is 2. The summed E-state index contributed by atoms with van der Waals surface area (Å²) in [6.45, 7) is 8.66. The van der Waals surface area contributed by atoms with E-state index in [-0.39, 0.29) is 18.3 Å². The number of allylic oxidation sites excluding steroid dienone is 1. The first kappa shape index (κ1) is 23.6. The van der Waals surface area contributed by atoms with Crippen molar-refractivity contribution in [3.63, 3.8) is 0 Å². The van der Waals surface area contributed by atoms with E-state index in [0.717, 1.165) is 25.8 Å². The molecule has 162 valence electrons. The highest BCUT2D eigenvalue weighted by Gasteiger charge is 2.15. The number of benzene rings is 2. The van der Waals surface area contributed by atoms with Crippen LogP contribution in [0.25, 0.3) is 0 Å². The summed E-state index contributed by atoms with van der Waals surface area (Å²) in [5.41, 5.74) is 2.84. The van der Waals surface area contributed by atoms with E-state index in [2.05, 4.69) is 54.0 Å². The number of nitrogens with zero attached hydrogens (tertiary/aromatic N) is 3. The van der Waals surface area contributed by atoms with E-state index < -0.39 is 0 Å². The van der Waals surface area contributed by atoms with Gasteiger partial charge in [0.1, 0.15) is 12.4 Å². The van der Waals surface area contributed by atoms with Gasteiger partial charge in [-0.3, -0.25) is 9.36 Å². The van der Waals surface area contributed by atoms with Gasteiger partial charge in [-0.15, -0.1) is 16.8 Å². The van der Waals surface area contributed by atoms with Crippen LogP contribution in [0.1, 0.15) is 17.0 Å². The molecular weight excluding hydrogens is 544 g/mol. The summed E-state index contributed by atoms with van der Waals surface area (Å²) in [6.07, 6.45) is 1.77. The largest absolute Gasteiger partial charge is 0.485 e. The second kappa shape index (κ2) is 11.0. The zero-order valence-electron chi connectivity index (χ0n) is 17.2. The van der Waals surface area contributed by atoms with Crippen LogP contribution < -0.4 is 10.1 Å². The lowest BCUT2D eigenvalue weighted by atomic mass is 10.1. The van der Waals surface area contributed by atoms with Gasteiger partial charge in [-0.05, 0) is 59.1 Å². The standard InChI is InChI=1S/C22H22Br2N4O2S/c1-4-10-28-19(12-30-21-14(2)6-5-7-15(21)3)26-27-22(28)31-13-20(29)25-18-11-16(23)8-9-17(18)24/h4-9,11H,1,10,12-13H2,2-3H3,(H,25,29). The van der Waals surface area contributed by atoms with Crippen LogP contribution in [0.15, 0.2) is 63.2 Å². The Balaban J connectivity index is 1.66. The lowest BCUT2D eigenvalue weighted by molar-refractivity contribution is -0.113. The van der Waals surface area contributed by atoms with E-state index in [1.54, 1.807) is 6.08 Å². The molecule has 0 aliphatic carbocycles. The zero-order valence-corrected chi connectivity index (χ0v) is 21.2. The summed E-state index contributed by atoms with van der Waals surface area (Å²) in [4.78, 5) is 12.4. The molecule has 0 aliphatic heterocycles. The van der Waals surface area contributed by atoms with Gasteiger partial charge in [-0.2, -0.15) is 0 Å². The van der Waals surface area contributed by atoms with Gasteiger partial charge in [0.05, 0.1) is 11.4 Å². The molecule has 0 saturated carbocycles. The molecule has 0 atom stereocenters. The number of rotatable bonds is 9. The molecule has 0 unspecified atom stereocenters. The smallest absolute Gasteiger partial charge is 0.234 e. The topological polar surface area (TPSA) is 69.0 Å². The van der Waals surface area contributed by atoms with Crippen molar-refractivity contribution in [2.75, 3.05) is 11.1 Å². The Morgan fingerprint density at radius 3 is 2.68 bits per heavy atom. The van der Waals surface area contributed by atoms with Crippen LogP contribution in [0.4, 0.5) is 5.69 Å². The first-order valence-corrected chi connectivity index (χ1v) is 12.1. The minimum absolute atomic E-state index is 0.134. The van der Waals surface area contributed by atoms with E-state index in [0.29, 0.717) is 23.2 Å². The number of para-hydroxylation sites is 1. The molecule has 31 heavy (non-hydrogen) atoms. The average molecular weight is 566 g/mol. The van der Waals surface area contributed by atoms with Crippen LogP contribution in [0, 0.1) is 13.8 Å². The van der Waals surface area contributed by atoms with Crippen LogP contribution in [-0.4, -0.2) is 26.4 Å². The second-order valence-corrected chi connectivity index (χ2v) is 9.48. The predicted molar refractivity (Wildman–Crippen MR) is 132 cm³/mol. The maximum atomic E-state index is 12.4. The lowest BCUT2D eigenvalue weighted by Gasteiger charge is -2.12. The van der Waals surface area contributed by atoms with Gasteiger partial charge in [0.15, 0.2) is 11.0 Å². The normalized spacial score (nSPS) is 10.7. The van der Waals surface area contributed by atoms with E-state index in [9.17, 15) is 4.79 Å². The van der Waals surface area contributed by atoms with Crippen molar-refractivity contribution in [3.05, 3.63) is 74.9 Å². The number of halogens is 2. The van der Waals surface area contributed by atoms with E-state index in [1.165, 1.54) is 11.8 Å². The van der Waals surface area contributed by atoms with Gasteiger partial charge >= 0.3 is 0 Å². The fourth-order valence-corrected chi connectivity index (χ4v) is 4.39. The number of amides is 1. The van der Waals surface area contributed by atoms with Crippen molar-refractivity contribution in [1.82, 2.24) is 14.8 Å². The molecule has 3 aromatic rings. The van der Waals surface area contributed by atoms with Crippen LogP contribution >= 0.6 is 43.6 Å². The third kappa shape index (κ3) is 6.21. The average Bonchev–Trinajstić information content (AvgIpc) is 3.11. The van der Waals surface area contributed by atoms with Crippen molar-refractivity contribution >= 4 is 55.2 Å². The number of hydrogen-bond acceptors (Lipinski definition) is 5. The number of hydrogen-bond donors (Lipinski definition) is 1. The van der Waals surface area contributed by atoms with E-state index in [1.807, 2.05) is 54.8 Å². The van der Waals surface area contributed by atoms with Gasteiger partial charge < -0.3 is 10.1 Å². The highest BCUT2D eigenvalue weighted by molar-refractivity contribution is 9.11. The van der Waals surface area contributed by atoms with Crippen LogP contribution in [0.3, 0.4) is 0 Å². The molecular formula is C22H22Br2N4O2S. The minimum Gasteiger partial charge on any atom is -0.485 e. The fourth-order valence-electron chi connectivity index (χ4n) is 2.92. The Morgan fingerprint density at radius 1 is 1.23 bits per heavy atom. The Hall–Kier alpha value is -2.10. The van der Waals surface area contributed by atoms with Crippen molar-refractivity contribution in [2.45, 2.75) is 32.2 Å². The summed E-state index contributed by atoms with van der Waals surface area (Å²) < 4.78 is 9.64. The van der Waals surface area contributed by atoms with Crippen molar-refractivity contribution in [2.24, 2.45) is 0 Å². The zero-order chi connectivity index (χ0) is 22.4. The van der Waals surface area contributed by atoms with Gasteiger partial charge in [0.25, 0.3) is 0 Å². The fraction of sp³-hybridized carbons (Fsp3) is 0.227. The molecule has 0 spiro atoms. The van der Waals surface area contributed by atoms with Crippen molar-refractivity contribution in [3.8, 4) is 5.75 Å². The Bertz CT molecular complexity index is 1080. The number of aromatic nitrogens is 3. The molecule has 3 rings (SSSR count). The highest BCUT2D eigenvalue weighted by atomic mass is 79.9. The van der Waals surface area contributed by atoms with Crippen LogP contribution in [-0.2, 0) is 17.9 Å². The maximum Gasteiger partial charge on any atom is 0.234 e. The van der Waals surface area contributed by atoms with Crippen LogP contribution in [0.2, 0.25) is 0 Å². The Morgan fingerprint density at radius 2 is 1.97 bits per heavy atom. The van der Waals surface area contributed by atoms with Crippen molar-refractivity contribution in [1.29, 1.82) is 0 Å². The third-order valence-corrected chi connectivity index (χ3v) is 6.55. The Labute approximate surface area is 202 Å². The second-order valence-electron chi connectivity index (χ2n) is 6.77. The molecule has 0 aliphatic rings. The highest BCUT2D eigenvalue weighted by Crippen LogP contribution is 2.27. The molecule has 1 N–H and O–H groups in total. The minimum atomic E-state index is -0.134. The SMILES string of the molecule is C=CCn1c(COc2c(C)cccc2C)nnc1SCC(=O)Nc1cc(Br)ccc1Br. The summed E-state index contributed by atoms with van der Waals surface area (Å²) in [5.74, 6) is 1.60. The number of anilines is 1. The van der Waals surface area contributed by atoms with Crippen molar-refractivity contribution < 1.29 is 9.53 Å². The summed E-state index contributed by atoms with van der Waals surface area (Å²) in [7, 11) is 0. The molecule has 1 heterocycles. The molecule has 6 nitrogen and oxygen atoms in total. The van der Waals surface area contributed by atoms with E-state index in [4.69, 9.17) is 4.74 Å².